The molecule has 0 atom stereocenters. The zero-order valence-electron chi connectivity index (χ0n) is 18.5. The van der Waals surface area contributed by atoms with Gasteiger partial charge >= 0.3 is 0 Å². The van der Waals surface area contributed by atoms with Crippen LogP contribution in [0.2, 0.25) is 0 Å². The van der Waals surface area contributed by atoms with Gasteiger partial charge in [-0.1, -0.05) is 24.3 Å². The fourth-order valence-corrected chi connectivity index (χ4v) is 5.83. The molecular formula is C25H25NO7S. The third kappa shape index (κ3) is 4.41. The molecule has 1 fully saturated rings. The Kier molecular flexibility index (Phi) is 6.05. The van der Waals surface area contributed by atoms with Gasteiger partial charge in [0.15, 0.2) is 27.1 Å². The minimum absolute atomic E-state index is 0.00685. The molecule has 0 bridgehead atoms. The van der Waals surface area contributed by atoms with E-state index in [1.807, 2.05) is 18.2 Å². The summed E-state index contributed by atoms with van der Waals surface area (Å²) in [4.78, 5) is 13.3. The number of nitrogens with one attached hydrogen (secondary N) is 1. The van der Waals surface area contributed by atoms with Crippen molar-refractivity contribution in [3.8, 4) is 11.5 Å². The summed E-state index contributed by atoms with van der Waals surface area (Å²) < 4.78 is 47.6. The summed E-state index contributed by atoms with van der Waals surface area (Å²) in [5, 5.41) is 2.97. The van der Waals surface area contributed by atoms with E-state index in [0.29, 0.717) is 36.8 Å². The Morgan fingerprint density at radius 3 is 2.53 bits per heavy atom. The number of carbonyl (C=O) groups excluding carboxylic acids is 1. The van der Waals surface area contributed by atoms with E-state index in [1.165, 1.54) is 24.5 Å². The summed E-state index contributed by atoms with van der Waals surface area (Å²) in [7, 11) is -3.62. The van der Waals surface area contributed by atoms with E-state index >= 15 is 0 Å². The van der Waals surface area contributed by atoms with Gasteiger partial charge in [-0.2, -0.15) is 0 Å². The van der Waals surface area contributed by atoms with Crippen LogP contribution in [0.15, 0.2) is 70.2 Å². The predicted molar refractivity (Wildman–Crippen MR) is 123 cm³/mol. The van der Waals surface area contributed by atoms with Crippen LogP contribution < -0.4 is 14.8 Å². The van der Waals surface area contributed by atoms with Gasteiger partial charge < -0.3 is 23.9 Å². The molecule has 9 heteroatoms. The zero-order valence-corrected chi connectivity index (χ0v) is 19.3. The number of sulfone groups is 1. The highest BCUT2D eigenvalue weighted by atomic mass is 32.2. The summed E-state index contributed by atoms with van der Waals surface area (Å²) >= 11 is 0. The van der Waals surface area contributed by atoms with Crippen LogP contribution in [0.3, 0.4) is 0 Å². The second kappa shape index (κ2) is 9.15. The van der Waals surface area contributed by atoms with Crippen LogP contribution in [0.5, 0.6) is 11.5 Å². The van der Waals surface area contributed by atoms with Gasteiger partial charge in [0.1, 0.15) is 0 Å². The zero-order chi connectivity index (χ0) is 23.6. The Labute approximate surface area is 197 Å². The van der Waals surface area contributed by atoms with Crippen molar-refractivity contribution in [1.29, 1.82) is 0 Å². The van der Waals surface area contributed by atoms with Gasteiger partial charge in [0.25, 0.3) is 5.91 Å². The fourth-order valence-electron chi connectivity index (χ4n) is 4.45. The number of ether oxygens (including phenoxy) is 3. The highest BCUT2D eigenvalue weighted by Crippen LogP contribution is 2.40. The molecule has 3 aromatic rings. The lowest BCUT2D eigenvalue weighted by molar-refractivity contribution is 0.0484. The Balaban J connectivity index is 1.34. The van der Waals surface area contributed by atoms with Crippen molar-refractivity contribution in [2.45, 2.75) is 28.9 Å². The molecule has 5 rings (SSSR count). The average Bonchev–Trinajstić information content (AvgIpc) is 3.52. The molecule has 178 valence electrons. The molecule has 0 saturated carbocycles. The molecule has 1 N–H and O–H groups in total. The molecule has 2 aliphatic rings. The van der Waals surface area contributed by atoms with E-state index < -0.39 is 15.7 Å². The molecule has 2 aliphatic heterocycles. The van der Waals surface area contributed by atoms with Crippen molar-refractivity contribution in [3.63, 3.8) is 0 Å². The maximum absolute atomic E-state index is 13.1. The highest BCUT2D eigenvalue weighted by Gasteiger charge is 2.36. The number of hydrogen-bond acceptors (Lipinski definition) is 7. The van der Waals surface area contributed by atoms with Crippen molar-refractivity contribution in [3.05, 3.63) is 77.7 Å². The van der Waals surface area contributed by atoms with Crippen molar-refractivity contribution in [2.24, 2.45) is 0 Å². The van der Waals surface area contributed by atoms with Gasteiger partial charge in [0, 0.05) is 30.7 Å². The number of amides is 1. The number of fused-ring (bicyclic) bond motifs is 1. The molecule has 2 aromatic carbocycles. The molecule has 34 heavy (non-hydrogen) atoms. The Morgan fingerprint density at radius 1 is 0.971 bits per heavy atom. The minimum atomic E-state index is -3.62. The third-order valence-corrected chi connectivity index (χ3v) is 8.10. The van der Waals surface area contributed by atoms with E-state index in [1.54, 1.807) is 18.2 Å². The second-order valence-electron chi connectivity index (χ2n) is 8.49. The highest BCUT2D eigenvalue weighted by molar-refractivity contribution is 7.90. The second-order valence-corrected chi connectivity index (χ2v) is 10.5. The van der Waals surface area contributed by atoms with Crippen molar-refractivity contribution < 1.29 is 31.8 Å². The SMILES string of the molecule is O=C(NCC1(c2ccc3c(c2)OCO3)CCOCC1)c1occc1CS(=O)(=O)c1ccccc1. The lowest BCUT2D eigenvalue weighted by Gasteiger charge is -2.38. The molecule has 1 saturated heterocycles. The average molecular weight is 484 g/mol. The number of rotatable bonds is 7. The van der Waals surface area contributed by atoms with Crippen LogP contribution in [0.4, 0.5) is 0 Å². The summed E-state index contributed by atoms with van der Waals surface area (Å²) in [6, 6.07) is 15.5. The first-order chi connectivity index (χ1) is 16.5. The van der Waals surface area contributed by atoms with Gasteiger partial charge in [-0.3, -0.25) is 4.79 Å². The van der Waals surface area contributed by atoms with Crippen LogP contribution in [-0.2, 0) is 25.7 Å². The first-order valence-electron chi connectivity index (χ1n) is 11.1. The predicted octanol–water partition coefficient (Wildman–Crippen LogP) is 3.46. The first kappa shape index (κ1) is 22.5. The summed E-state index contributed by atoms with van der Waals surface area (Å²) in [6.45, 7) is 1.69. The van der Waals surface area contributed by atoms with Crippen LogP contribution in [0.1, 0.15) is 34.5 Å². The van der Waals surface area contributed by atoms with Crippen LogP contribution in [0, 0.1) is 0 Å². The lowest BCUT2D eigenvalue weighted by Crippen LogP contribution is -2.44. The van der Waals surface area contributed by atoms with Gasteiger partial charge in [-0.15, -0.1) is 0 Å². The Morgan fingerprint density at radius 2 is 1.74 bits per heavy atom. The van der Waals surface area contributed by atoms with Gasteiger partial charge in [-0.25, -0.2) is 8.42 Å². The van der Waals surface area contributed by atoms with E-state index in [2.05, 4.69) is 5.32 Å². The van der Waals surface area contributed by atoms with Crippen LogP contribution >= 0.6 is 0 Å². The summed E-state index contributed by atoms with van der Waals surface area (Å²) in [5.74, 6) is 0.628. The molecule has 1 amide bonds. The molecule has 0 aliphatic carbocycles. The van der Waals surface area contributed by atoms with Crippen molar-refractivity contribution in [1.82, 2.24) is 5.32 Å². The molecule has 0 radical (unpaired) electrons. The smallest absolute Gasteiger partial charge is 0.287 e. The fraction of sp³-hybridized carbons (Fsp3) is 0.320. The molecule has 1 aromatic heterocycles. The first-order valence-corrected chi connectivity index (χ1v) is 12.7. The van der Waals surface area contributed by atoms with E-state index in [4.69, 9.17) is 18.6 Å². The largest absolute Gasteiger partial charge is 0.459 e. The summed E-state index contributed by atoms with van der Waals surface area (Å²) in [6.07, 6.45) is 2.79. The Bertz CT molecular complexity index is 1280. The lowest BCUT2D eigenvalue weighted by atomic mass is 9.74. The van der Waals surface area contributed by atoms with Crippen LogP contribution in [0.25, 0.3) is 0 Å². The normalized spacial score (nSPS) is 16.8. The van der Waals surface area contributed by atoms with Gasteiger partial charge in [-0.05, 0) is 48.7 Å². The van der Waals surface area contributed by atoms with Gasteiger partial charge in [0.05, 0.1) is 16.9 Å². The van der Waals surface area contributed by atoms with Crippen LogP contribution in [-0.4, -0.2) is 40.9 Å². The minimum Gasteiger partial charge on any atom is -0.459 e. The summed E-state index contributed by atoms with van der Waals surface area (Å²) in [5.41, 5.74) is 1.01. The maximum Gasteiger partial charge on any atom is 0.287 e. The molecule has 3 heterocycles. The monoisotopic (exact) mass is 483 g/mol. The van der Waals surface area contributed by atoms with E-state index in [-0.39, 0.29) is 28.6 Å². The van der Waals surface area contributed by atoms with E-state index in [9.17, 15) is 13.2 Å². The molecule has 0 spiro atoms. The van der Waals surface area contributed by atoms with Gasteiger partial charge in [0.2, 0.25) is 6.79 Å². The molecule has 8 nitrogen and oxygen atoms in total. The maximum atomic E-state index is 13.1. The van der Waals surface area contributed by atoms with E-state index in [0.717, 1.165) is 18.4 Å². The standard InChI is InChI=1S/C25H25NO7S/c27-24(23-18(8-11-31-23)15-34(28,29)20-4-2-1-3-5-20)26-16-25(9-12-30-13-10-25)19-6-7-21-22(14-19)33-17-32-21/h1-8,11,14H,9-10,12-13,15-17H2,(H,26,27). The quantitative estimate of drug-likeness (QED) is 0.549. The van der Waals surface area contributed by atoms with Crippen molar-refractivity contribution >= 4 is 15.7 Å². The molecular weight excluding hydrogens is 458 g/mol. The van der Waals surface area contributed by atoms with Crippen molar-refractivity contribution in [2.75, 3.05) is 26.6 Å². The number of benzene rings is 2. The Hall–Kier alpha value is -3.30. The number of furan rings is 1. The topological polar surface area (TPSA) is 104 Å². The third-order valence-electron chi connectivity index (χ3n) is 6.42. The molecule has 0 unspecified atom stereocenters. The number of carbonyl (C=O) groups is 1. The number of hydrogen-bond donors (Lipinski definition) is 1.